The third-order valence-corrected chi connectivity index (χ3v) is 5.33. The number of carbonyl (C=O) groups excluding carboxylic acids is 1. The molecule has 1 aliphatic heterocycles. The zero-order valence-electron chi connectivity index (χ0n) is 16.6. The number of carboxylic acid groups (broad SMARTS) is 1. The van der Waals surface area contributed by atoms with Crippen LogP contribution >= 0.6 is 0 Å². The second-order valence-corrected chi connectivity index (χ2v) is 7.43. The molecule has 0 spiro atoms. The predicted molar refractivity (Wildman–Crippen MR) is 111 cm³/mol. The summed E-state index contributed by atoms with van der Waals surface area (Å²) in [4.78, 5) is 37.0. The van der Waals surface area contributed by atoms with E-state index in [1.807, 2.05) is 0 Å². The molecule has 4 rings (SSSR count). The minimum absolute atomic E-state index is 0.208. The Morgan fingerprint density at radius 3 is 2.55 bits per heavy atom. The average molecular weight is 427 g/mol. The minimum atomic E-state index is -1.49. The highest BCUT2D eigenvalue weighted by molar-refractivity contribution is 5.94. The Bertz CT molecular complexity index is 1260. The lowest BCUT2D eigenvalue weighted by molar-refractivity contribution is -0.119. The average Bonchev–Trinajstić information content (AvgIpc) is 3.16. The Kier molecular flexibility index (Phi) is 5.18. The van der Waals surface area contributed by atoms with Crippen molar-refractivity contribution in [3.63, 3.8) is 0 Å². The number of carboxylic acids is 1. The lowest BCUT2D eigenvalue weighted by atomic mass is 10.1. The van der Waals surface area contributed by atoms with E-state index < -0.39 is 28.6 Å². The van der Waals surface area contributed by atoms with Gasteiger partial charge in [0.2, 0.25) is 11.3 Å². The fourth-order valence-corrected chi connectivity index (χ4v) is 4.01. The summed E-state index contributed by atoms with van der Waals surface area (Å²) in [5, 5.41) is 11.8. The topological polar surface area (TPSA) is 91.6 Å². The van der Waals surface area contributed by atoms with Gasteiger partial charge in [-0.15, -0.1) is 0 Å². The van der Waals surface area contributed by atoms with Crippen molar-refractivity contribution in [3.05, 3.63) is 70.0 Å². The van der Waals surface area contributed by atoms with Gasteiger partial charge in [0, 0.05) is 37.9 Å². The van der Waals surface area contributed by atoms with Gasteiger partial charge in [0.25, 0.3) is 0 Å². The second kappa shape index (κ2) is 7.82. The number of benzene rings is 2. The van der Waals surface area contributed by atoms with Crippen LogP contribution in [-0.4, -0.2) is 40.7 Å². The number of carbonyl (C=O) groups is 2. The lowest BCUT2D eigenvalue weighted by Gasteiger charge is -2.22. The number of nitrogens with zero attached hydrogens (tertiary/aromatic N) is 2. The lowest BCUT2D eigenvalue weighted by Crippen LogP contribution is -2.36. The Hall–Kier alpha value is -3.75. The summed E-state index contributed by atoms with van der Waals surface area (Å²) in [6, 6.07) is 8.98. The summed E-state index contributed by atoms with van der Waals surface area (Å²) in [6.45, 7) is 1.90. The molecule has 1 aromatic heterocycles. The maximum Gasteiger partial charge on any atom is 0.341 e. The smallest absolute Gasteiger partial charge is 0.341 e. The number of halogens is 2. The molecule has 160 valence electrons. The standard InChI is InChI=1S/C22H19F2N3O4/c1-12(28)25-13-7-8-26(10-13)20-17(23)9-15-19(18(20)24)27(14-5-3-2-4-6-14)11-16(21(15)29)22(30)31/h2-6,9,11,13H,7-8,10H2,1H3,(H,25,28)(H,30,31). The van der Waals surface area contributed by atoms with Crippen molar-refractivity contribution in [1.29, 1.82) is 0 Å². The zero-order chi connectivity index (χ0) is 22.3. The largest absolute Gasteiger partial charge is 0.477 e. The van der Waals surface area contributed by atoms with Gasteiger partial charge in [-0.25, -0.2) is 13.6 Å². The van der Waals surface area contributed by atoms with Gasteiger partial charge >= 0.3 is 5.97 Å². The number of fused-ring (bicyclic) bond motifs is 1. The molecule has 1 atom stereocenters. The molecule has 0 aliphatic carbocycles. The SMILES string of the molecule is CC(=O)NC1CCN(c2c(F)cc3c(=O)c(C(=O)O)cn(-c4ccccc4)c3c2F)C1. The van der Waals surface area contributed by atoms with Crippen LogP contribution in [0, 0.1) is 11.6 Å². The van der Waals surface area contributed by atoms with Crippen LogP contribution in [0.2, 0.25) is 0 Å². The second-order valence-electron chi connectivity index (χ2n) is 7.43. The molecule has 2 aromatic carbocycles. The Morgan fingerprint density at radius 1 is 1.19 bits per heavy atom. The van der Waals surface area contributed by atoms with Gasteiger partial charge in [-0.05, 0) is 24.6 Å². The van der Waals surface area contributed by atoms with Crippen molar-refractivity contribution in [1.82, 2.24) is 9.88 Å². The minimum Gasteiger partial charge on any atom is -0.477 e. The van der Waals surface area contributed by atoms with Gasteiger partial charge in [-0.3, -0.25) is 9.59 Å². The maximum atomic E-state index is 15.8. The van der Waals surface area contributed by atoms with Crippen LogP contribution in [-0.2, 0) is 4.79 Å². The molecule has 7 nitrogen and oxygen atoms in total. The van der Waals surface area contributed by atoms with Gasteiger partial charge < -0.3 is 19.9 Å². The number of aromatic carboxylic acids is 1. The first-order chi connectivity index (χ1) is 14.8. The number of para-hydroxylation sites is 1. The molecule has 1 unspecified atom stereocenters. The number of nitrogens with one attached hydrogen (secondary N) is 1. The summed E-state index contributed by atoms with van der Waals surface area (Å²) < 4.78 is 32.0. The summed E-state index contributed by atoms with van der Waals surface area (Å²) in [5.41, 5.74) is -1.65. The molecule has 1 fully saturated rings. The molecule has 9 heteroatoms. The van der Waals surface area contributed by atoms with E-state index in [9.17, 15) is 19.5 Å². The number of hydrogen-bond donors (Lipinski definition) is 2. The number of anilines is 1. The molecule has 3 aromatic rings. The molecule has 1 amide bonds. The van der Waals surface area contributed by atoms with E-state index in [4.69, 9.17) is 0 Å². The van der Waals surface area contributed by atoms with Crippen molar-refractivity contribution < 1.29 is 23.5 Å². The van der Waals surface area contributed by atoms with E-state index in [1.165, 1.54) is 16.4 Å². The van der Waals surface area contributed by atoms with Crippen LogP contribution in [0.15, 0.2) is 47.4 Å². The number of rotatable bonds is 4. The Morgan fingerprint density at radius 2 is 1.90 bits per heavy atom. The molecule has 1 aliphatic rings. The van der Waals surface area contributed by atoms with E-state index in [2.05, 4.69) is 5.32 Å². The fraction of sp³-hybridized carbons (Fsp3) is 0.227. The Labute approximate surface area is 175 Å². The highest BCUT2D eigenvalue weighted by atomic mass is 19.1. The van der Waals surface area contributed by atoms with E-state index >= 15 is 8.78 Å². The molecular formula is C22H19F2N3O4. The summed E-state index contributed by atoms with van der Waals surface area (Å²) >= 11 is 0. The molecule has 0 radical (unpaired) electrons. The summed E-state index contributed by atoms with van der Waals surface area (Å²) in [6.07, 6.45) is 1.57. The molecule has 2 N–H and O–H groups in total. The van der Waals surface area contributed by atoms with E-state index in [0.29, 0.717) is 18.7 Å². The molecule has 31 heavy (non-hydrogen) atoms. The van der Waals surface area contributed by atoms with Crippen LogP contribution in [0.1, 0.15) is 23.7 Å². The highest BCUT2D eigenvalue weighted by Gasteiger charge is 2.30. The predicted octanol–water partition coefficient (Wildman–Crippen LogP) is 2.68. The van der Waals surface area contributed by atoms with E-state index in [-0.39, 0.29) is 35.1 Å². The van der Waals surface area contributed by atoms with Crippen LogP contribution in [0.5, 0.6) is 0 Å². The van der Waals surface area contributed by atoms with Crippen LogP contribution < -0.4 is 15.6 Å². The van der Waals surface area contributed by atoms with Gasteiger partial charge in [-0.1, -0.05) is 18.2 Å². The zero-order valence-corrected chi connectivity index (χ0v) is 16.6. The molecule has 1 saturated heterocycles. The van der Waals surface area contributed by atoms with Crippen molar-refractivity contribution in [2.45, 2.75) is 19.4 Å². The number of amides is 1. The maximum absolute atomic E-state index is 15.8. The monoisotopic (exact) mass is 427 g/mol. The summed E-state index contributed by atoms with van der Waals surface area (Å²) in [5.74, 6) is -3.64. The molecular weight excluding hydrogens is 408 g/mol. The van der Waals surface area contributed by atoms with Crippen molar-refractivity contribution in [2.75, 3.05) is 18.0 Å². The van der Waals surface area contributed by atoms with E-state index in [0.717, 1.165) is 12.3 Å². The fourth-order valence-electron chi connectivity index (χ4n) is 4.01. The number of aromatic nitrogens is 1. The third kappa shape index (κ3) is 3.63. The van der Waals surface area contributed by atoms with Crippen LogP contribution in [0.25, 0.3) is 16.6 Å². The van der Waals surface area contributed by atoms with Crippen molar-refractivity contribution in [2.24, 2.45) is 0 Å². The number of hydrogen-bond acceptors (Lipinski definition) is 4. The highest BCUT2D eigenvalue weighted by Crippen LogP contribution is 2.33. The van der Waals surface area contributed by atoms with Crippen LogP contribution in [0.3, 0.4) is 0 Å². The quantitative estimate of drug-likeness (QED) is 0.668. The van der Waals surface area contributed by atoms with Gasteiger partial charge in [-0.2, -0.15) is 0 Å². The normalized spacial score (nSPS) is 16.0. The van der Waals surface area contributed by atoms with Crippen LogP contribution in [0.4, 0.5) is 14.5 Å². The first kappa shape index (κ1) is 20.5. The molecule has 0 saturated carbocycles. The number of pyridine rings is 1. The first-order valence-electron chi connectivity index (χ1n) is 9.66. The summed E-state index contributed by atoms with van der Waals surface area (Å²) in [7, 11) is 0. The first-order valence-corrected chi connectivity index (χ1v) is 9.66. The van der Waals surface area contributed by atoms with Gasteiger partial charge in [0.05, 0.1) is 10.9 Å². The van der Waals surface area contributed by atoms with Gasteiger partial charge in [0.15, 0.2) is 5.82 Å². The van der Waals surface area contributed by atoms with E-state index in [1.54, 1.807) is 30.3 Å². The molecule has 0 bridgehead atoms. The third-order valence-electron chi connectivity index (χ3n) is 5.33. The molecule has 2 heterocycles. The Balaban J connectivity index is 1.96. The van der Waals surface area contributed by atoms with Gasteiger partial charge in [0.1, 0.15) is 17.1 Å². The van der Waals surface area contributed by atoms with Crippen molar-refractivity contribution in [3.8, 4) is 5.69 Å². The van der Waals surface area contributed by atoms with Crippen molar-refractivity contribution >= 4 is 28.5 Å².